The predicted molar refractivity (Wildman–Crippen MR) is 98.8 cm³/mol. The van der Waals surface area contributed by atoms with Gasteiger partial charge in [0.1, 0.15) is 5.00 Å². The van der Waals surface area contributed by atoms with Crippen LogP contribution in [-0.4, -0.2) is 48.9 Å². The van der Waals surface area contributed by atoms with E-state index >= 15 is 0 Å². The van der Waals surface area contributed by atoms with Crippen molar-refractivity contribution in [1.29, 1.82) is 0 Å². The first-order valence-electron chi connectivity index (χ1n) is 8.51. The van der Waals surface area contributed by atoms with Crippen LogP contribution in [0.2, 0.25) is 0 Å². The van der Waals surface area contributed by atoms with Gasteiger partial charge in [-0.1, -0.05) is 20.3 Å². The molecule has 1 aromatic heterocycles. The molecule has 1 rings (SSSR count). The molecule has 0 saturated heterocycles. The predicted octanol–water partition coefficient (Wildman–Crippen LogP) is 2.01. The summed E-state index contributed by atoms with van der Waals surface area (Å²) in [6, 6.07) is 1.75. The molecule has 1 aromatic rings. The minimum absolute atomic E-state index is 0.0306. The van der Waals surface area contributed by atoms with Crippen LogP contribution >= 0.6 is 11.3 Å². The maximum atomic E-state index is 12.3. The van der Waals surface area contributed by atoms with Crippen molar-refractivity contribution in [3.8, 4) is 0 Å². The molecule has 0 aliphatic carbocycles. The average molecular weight is 369 g/mol. The lowest BCUT2D eigenvalue weighted by atomic mass is 10.2. The van der Waals surface area contributed by atoms with E-state index in [-0.39, 0.29) is 25.6 Å². The summed E-state index contributed by atoms with van der Waals surface area (Å²) in [5.74, 6) is -1.21. The Hall–Kier alpha value is -1.93. The number of esters is 1. The van der Waals surface area contributed by atoms with E-state index < -0.39 is 11.9 Å². The van der Waals surface area contributed by atoms with Crippen LogP contribution in [0.15, 0.2) is 6.07 Å². The Morgan fingerprint density at radius 2 is 1.96 bits per heavy atom. The van der Waals surface area contributed by atoms with Crippen molar-refractivity contribution in [2.75, 3.05) is 31.6 Å². The highest BCUT2D eigenvalue weighted by atomic mass is 32.1. The van der Waals surface area contributed by atoms with E-state index in [1.807, 2.05) is 13.8 Å². The molecule has 0 radical (unpaired) electrons. The zero-order chi connectivity index (χ0) is 18.8. The number of rotatable bonds is 11. The van der Waals surface area contributed by atoms with Gasteiger partial charge in [-0.05, 0) is 32.4 Å². The monoisotopic (exact) mass is 369 g/mol. The standard InChI is InChI=1S/C17H27N3O4S/c1-4-7-8-20(10-14(18)21)11-15(22)19-16-13(17(23)24-6-3)9-12(5-2)25-16/h9H,4-8,10-11H2,1-3H3,(H2,18,21)(H,19,22). The second kappa shape index (κ2) is 10.8. The highest BCUT2D eigenvalue weighted by Gasteiger charge is 2.20. The number of anilines is 1. The van der Waals surface area contributed by atoms with Gasteiger partial charge in [0, 0.05) is 4.88 Å². The maximum absolute atomic E-state index is 12.3. The summed E-state index contributed by atoms with van der Waals surface area (Å²) in [5.41, 5.74) is 5.61. The van der Waals surface area contributed by atoms with Crippen LogP contribution in [0.1, 0.15) is 48.8 Å². The van der Waals surface area contributed by atoms with Crippen molar-refractivity contribution in [3.05, 3.63) is 16.5 Å². The fourth-order valence-corrected chi connectivity index (χ4v) is 3.26. The summed E-state index contributed by atoms with van der Waals surface area (Å²) in [4.78, 5) is 38.2. The molecule has 0 aromatic carbocycles. The molecule has 0 fully saturated rings. The van der Waals surface area contributed by atoms with Crippen LogP contribution in [0.5, 0.6) is 0 Å². The Labute approximate surface area is 152 Å². The summed E-state index contributed by atoms with van der Waals surface area (Å²) in [5, 5.41) is 3.25. The molecule has 0 unspecified atom stereocenters. The smallest absolute Gasteiger partial charge is 0.341 e. The third-order valence-electron chi connectivity index (χ3n) is 3.45. The molecule has 0 spiro atoms. The number of nitrogens with two attached hydrogens (primary N) is 1. The number of aryl methyl sites for hydroxylation is 1. The third-order valence-corrected chi connectivity index (χ3v) is 4.65. The van der Waals surface area contributed by atoms with Crippen molar-refractivity contribution in [1.82, 2.24) is 4.90 Å². The van der Waals surface area contributed by atoms with Gasteiger partial charge in [-0.25, -0.2) is 4.79 Å². The molecule has 0 aliphatic heterocycles. The van der Waals surface area contributed by atoms with Gasteiger partial charge in [-0.3, -0.25) is 14.5 Å². The highest BCUT2D eigenvalue weighted by Crippen LogP contribution is 2.29. The average Bonchev–Trinajstić information content (AvgIpc) is 2.95. The topological polar surface area (TPSA) is 102 Å². The van der Waals surface area contributed by atoms with Gasteiger partial charge in [0.2, 0.25) is 11.8 Å². The molecule has 7 nitrogen and oxygen atoms in total. The number of hydrogen-bond acceptors (Lipinski definition) is 6. The summed E-state index contributed by atoms with van der Waals surface area (Å²) in [6.45, 7) is 6.71. The number of carbonyl (C=O) groups excluding carboxylic acids is 3. The number of carbonyl (C=O) groups is 3. The Balaban J connectivity index is 2.81. The second-order valence-corrected chi connectivity index (χ2v) is 6.74. The zero-order valence-corrected chi connectivity index (χ0v) is 15.9. The first kappa shape index (κ1) is 21.1. The fraction of sp³-hybridized carbons (Fsp3) is 0.588. The summed E-state index contributed by atoms with van der Waals surface area (Å²) in [6.07, 6.45) is 2.58. The number of ether oxygens (including phenoxy) is 1. The number of hydrogen-bond donors (Lipinski definition) is 2. The maximum Gasteiger partial charge on any atom is 0.341 e. The largest absolute Gasteiger partial charge is 0.462 e. The lowest BCUT2D eigenvalue weighted by molar-refractivity contribution is -0.121. The Morgan fingerprint density at radius 3 is 2.52 bits per heavy atom. The molecule has 140 valence electrons. The first-order valence-corrected chi connectivity index (χ1v) is 9.33. The van der Waals surface area contributed by atoms with Crippen molar-refractivity contribution < 1.29 is 19.1 Å². The minimum atomic E-state index is -0.472. The number of amides is 2. The highest BCUT2D eigenvalue weighted by molar-refractivity contribution is 7.16. The summed E-state index contributed by atoms with van der Waals surface area (Å²) in [7, 11) is 0. The fourth-order valence-electron chi connectivity index (χ4n) is 2.25. The van der Waals surface area contributed by atoms with Crippen molar-refractivity contribution in [2.45, 2.75) is 40.0 Å². The molecule has 0 bridgehead atoms. The van der Waals surface area contributed by atoms with E-state index in [2.05, 4.69) is 5.32 Å². The Morgan fingerprint density at radius 1 is 1.24 bits per heavy atom. The second-order valence-electron chi connectivity index (χ2n) is 5.61. The van der Waals surface area contributed by atoms with Gasteiger partial charge in [0.15, 0.2) is 0 Å². The summed E-state index contributed by atoms with van der Waals surface area (Å²) >= 11 is 1.36. The van der Waals surface area contributed by atoms with Crippen molar-refractivity contribution in [3.63, 3.8) is 0 Å². The van der Waals surface area contributed by atoms with E-state index in [1.54, 1.807) is 17.9 Å². The Kier molecular flexibility index (Phi) is 9.15. The van der Waals surface area contributed by atoms with Gasteiger partial charge in [-0.15, -0.1) is 11.3 Å². The molecule has 8 heteroatoms. The normalized spacial score (nSPS) is 10.7. The lowest BCUT2D eigenvalue weighted by Crippen LogP contribution is -2.39. The van der Waals surface area contributed by atoms with Gasteiger partial charge in [-0.2, -0.15) is 0 Å². The number of thiophene rings is 1. The number of nitrogens with zero attached hydrogens (tertiary/aromatic N) is 1. The van der Waals surface area contributed by atoms with Crippen LogP contribution in [0.3, 0.4) is 0 Å². The molecular weight excluding hydrogens is 342 g/mol. The van der Waals surface area contributed by atoms with Crippen LogP contribution in [-0.2, 0) is 20.7 Å². The van der Waals surface area contributed by atoms with Gasteiger partial charge < -0.3 is 15.8 Å². The van der Waals surface area contributed by atoms with Gasteiger partial charge >= 0.3 is 5.97 Å². The molecular formula is C17H27N3O4S. The van der Waals surface area contributed by atoms with E-state index in [4.69, 9.17) is 10.5 Å². The zero-order valence-electron chi connectivity index (χ0n) is 15.1. The van der Waals surface area contributed by atoms with E-state index in [1.165, 1.54) is 11.3 Å². The molecule has 25 heavy (non-hydrogen) atoms. The van der Waals surface area contributed by atoms with E-state index in [0.717, 1.165) is 24.1 Å². The number of unbranched alkanes of at least 4 members (excludes halogenated alkanes) is 1. The van der Waals surface area contributed by atoms with Crippen molar-refractivity contribution >= 4 is 34.1 Å². The quantitative estimate of drug-likeness (QED) is 0.581. The van der Waals surface area contributed by atoms with E-state index in [9.17, 15) is 14.4 Å². The molecule has 0 aliphatic rings. The first-order chi connectivity index (χ1) is 11.9. The Bertz CT molecular complexity index is 601. The lowest BCUT2D eigenvalue weighted by Gasteiger charge is -2.19. The van der Waals surface area contributed by atoms with E-state index in [0.29, 0.717) is 17.1 Å². The van der Waals surface area contributed by atoms with Gasteiger partial charge in [0.05, 0.1) is 25.3 Å². The molecule has 0 atom stereocenters. The van der Waals surface area contributed by atoms with Crippen LogP contribution in [0, 0.1) is 0 Å². The van der Waals surface area contributed by atoms with Crippen LogP contribution in [0.4, 0.5) is 5.00 Å². The minimum Gasteiger partial charge on any atom is -0.462 e. The molecule has 2 amide bonds. The SMILES string of the molecule is CCCCN(CC(N)=O)CC(=O)Nc1sc(CC)cc1C(=O)OCC. The third kappa shape index (κ3) is 7.23. The number of nitrogens with one attached hydrogen (secondary N) is 1. The molecule has 0 saturated carbocycles. The number of primary amides is 1. The van der Waals surface area contributed by atoms with Gasteiger partial charge in [0.25, 0.3) is 0 Å². The molecule has 1 heterocycles. The molecule has 3 N–H and O–H groups in total. The van der Waals surface area contributed by atoms with Crippen LogP contribution < -0.4 is 11.1 Å². The van der Waals surface area contributed by atoms with Crippen LogP contribution in [0.25, 0.3) is 0 Å². The summed E-state index contributed by atoms with van der Waals surface area (Å²) < 4.78 is 5.04. The van der Waals surface area contributed by atoms with Crippen molar-refractivity contribution in [2.24, 2.45) is 5.73 Å².